The maximum absolute atomic E-state index is 8.83. The van der Waals surface area contributed by atoms with Gasteiger partial charge in [0, 0.05) is 12.6 Å². The second-order valence-electron chi connectivity index (χ2n) is 5.35. The van der Waals surface area contributed by atoms with Gasteiger partial charge < -0.3 is 9.84 Å². The van der Waals surface area contributed by atoms with Crippen molar-refractivity contribution in [2.45, 2.75) is 38.3 Å². The Balaban J connectivity index is 2.11. The third-order valence-corrected chi connectivity index (χ3v) is 3.95. The van der Waals surface area contributed by atoms with Crippen LogP contribution in [0, 0.1) is 11.8 Å². The van der Waals surface area contributed by atoms with E-state index in [0.717, 1.165) is 17.9 Å². The highest BCUT2D eigenvalue weighted by Gasteiger charge is 2.19. The molecule has 0 radical (unpaired) electrons. The van der Waals surface area contributed by atoms with Gasteiger partial charge in [-0.3, -0.25) is 4.90 Å². The molecule has 0 amide bonds. The standard InChI is InChI=1S/C17H23NO2/c1-18(16-7-3-4-8-16)13-14-9-10-17(20-2)15(12-14)6-5-11-19/h9-10,12,16,19H,3-4,7-8,11,13H2,1-2H3. The van der Waals surface area contributed by atoms with Gasteiger partial charge in [-0.2, -0.15) is 0 Å². The lowest BCUT2D eigenvalue weighted by Crippen LogP contribution is -2.28. The van der Waals surface area contributed by atoms with Crippen molar-refractivity contribution in [1.29, 1.82) is 0 Å². The highest BCUT2D eigenvalue weighted by molar-refractivity contribution is 5.48. The molecule has 0 aromatic heterocycles. The molecule has 20 heavy (non-hydrogen) atoms. The van der Waals surface area contributed by atoms with Crippen LogP contribution < -0.4 is 4.74 Å². The van der Waals surface area contributed by atoms with Gasteiger partial charge in [0.1, 0.15) is 12.4 Å². The van der Waals surface area contributed by atoms with Crippen LogP contribution in [-0.2, 0) is 6.54 Å². The van der Waals surface area contributed by atoms with E-state index in [2.05, 4.69) is 35.9 Å². The van der Waals surface area contributed by atoms with Gasteiger partial charge in [0.25, 0.3) is 0 Å². The smallest absolute Gasteiger partial charge is 0.134 e. The predicted molar refractivity (Wildman–Crippen MR) is 80.7 cm³/mol. The number of rotatable bonds is 4. The van der Waals surface area contributed by atoms with Crippen molar-refractivity contribution in [3.8, 4) is 17.6 Å². The van der Waals surface area contributed by atoms with Crippen LogP contribution in [-0.4, -0.2) is 36.8 Å². The summed E-state index contributed by atoms with van der Waals surface area (Å²) < 4.78 is 5.30. The van der Waals surface area contributed by atoms with Crippen molar-refractivity contribution in [2.24, 2.45) is 0 Å². The zero-order valence-corrected chi connectivity index (χ0v) is 12.4. The lowest BCUT2D eigenvalue weighted by molar-refractivity contribution is 0.237. The Bertz CT molecular complexity index is 495. The Kier molecular flexibility index (Phi) is 5.46. The predicted octanol–water partition coefficient (Wildman–Crippen LogP) is 2.41. The van der Waals surface area contributed by atoms with Gasteiger partial charge in [0.05, 0.1) is 12.7 Å². The van der Waals surface area contributed by atoms with E-state index in [1.54, 1.807) is 7.11 Å². The van der Waals surface area contributed by atoms with E-state index in [4.69, 9.17) is 9.84 Å². The first-order chi connectivity index (χ1) is 9.74. The molecule has 0 bridgehead atoms. The molecule has 108 valence electrons. The van der Waals surface area contributed by atoms with Crippen molar-refractivity contribution in [2.75, 3.05) is 20.8 Å². The fourth-order valence-electron chi connectivity index (χ4n) is 2.85. The minimum absolute atomic E-state index is 0.130. The lowest BCUT2D eigenvalue weighted by Gasteiger charge is -2.24. The van der Waals surface area contributed by atoms with Crippen molar-refractivity contribution >= 4 is 0 Å². The number of aliphatic hydroxyl groups is 1. The van der Waals surface area contributed by atoms with Crippen LogP contribution in [0.25, 0.3) is 0 Å². The summed E-state index contributed by atoms with van der Waals surface area (Å²) in [6.07, 6.45) is 5.32. The molecule has 1 aliphatic carbocycles. The van der Waals surface area contributed by atoms with Crippen molar-refractivity contribution in [3.05, 3.63) is 29.3 Å². The number of aliphatic hydroxyl groups excluding tert-OH is 1. The maximum atomic E-state index is 8.83. The molecule has 0 unspecified atom stereocenters. The minimum atomic E-state index is -0.130. The van der Waals surface area contributed by atoms with Gasteiger partial charge in [0.15, 0.2) is 0 Å². The third-order valence-electron chi connectivity index (χ3n) is 3.95. The second-order valence-corrected chi connectivity index (χ2v) is 5.35. The molecular weight excluding hydrogens is 250 g/mol. The van der Waals surface area contributed by atoms with E-state index in [-0.39, 0.29) is 6.61 Å². The molecule has 1 aromatic carbocycles. The molecule has 2 rings (SSSR count). The molecule has 0 aliphatic heterocycles. The molecule has 1 aliphatic rings. The van der Waals surface area contributed by atoms with Crippen molar-refractivity contribution in [3.63, 3.8) is 0 Å². The zero-order chi connectivity index (χ0) is 14.4. The Hall–Kier alpha value is -1.50. The largest absolute Gasteiger partial charge is 0.495 e. The quantitative estimate of drug-likeness (QED) is 0.855. The molecule has 1 aromatic rings. The molecule has 0 heterocycles. The average molecular weight is 273 g/mol. The number of ether oxygens (including phenoxy) is 1. The molecule has 1 saturated carbocycles. The van der Waals surface area contributed by atoms with Gasteiger partial charge in [-0.25, -0.2) is 0 Å². The summed E-state index contributed by atoms with van der Waals surface area (Å²) in [5.41, 5.74) is 2.08. The Labute approximate surface area is 121 Å². The van der Waals surface area contributed by atoms with E-state index in [9.17, 15) is 0 Å². The van der Waals surface area contributed by atoms with E-state index in [1.165, 1.54) is 31.2 Å². The Morgan fingerprint density at radius 2 is 2.10 bits per heavy atom. The topological polar surface area (TPSA) is 32.7 Å². The highest BCUT2D eigenvalue weighted by atomic mass is 16.5. The number of benzene rings is 1. The van der Waals surface area contributed by atoms with Crippen LogP contribution in [0.4, 0.5) is 0 Å². The fourth-order valence-corrected chi connectivity index (χ4v) is 2.85. The molecule has 0 saturated heterocycles. The lowest BCUT2D eigenvalue weighted by atomic mass is 10.1. The number of methoxy groups -OCH3 is 1. The van der Waals surface area contributed by atoms with Crippen LogP contribution in [0.3, 0.4) is 0 Å². The van der Waals surface area contributed by atoms with E-state index in [0.29, 0.717) is 6.04 Å². The summed E-state index contributed by atoms with van der Waals surface area (Å²) in [4.78, 5) is 2.43. The number of hydrogen-bond donors (Lipinski definition) is 1. The first-order valence-electron chi connectivity index (χ1n) is 7.21. The van der Waals surface area contributed by atoms with Crippen LogP contribution >= 0.6 is 0 Å². The van der Waals surface area contributed by atoms with Gasteiger partial charge >= 0.3 is 0 Å². The van der Waals surface area contributed by atoms with Gasteiger partial charge in [-0.1, -0.05) is 30.7 Å². The summed E-state index contributed by atoms with van der Waals surface area (Å²) in [5.74, 6) is 6.40. The fraction of sp³-hybridized carbons (Fsp3) is 0.529. The number of hydrogen-bond acceptors (Lipinski definition) is 3. The zero-order valence-electron chi connectivity index (χ0n) is 12.4. The SMILES string of the molecule is COc1ccc(CN(C)C2CCCC2)cc1C#CCO. The van der Waals surface area contributed by atoms with Crippen molar-refractivity contribution in [1.82, 2.24) is 4.90 Å². The summed E-state index contributed by atoms with van der Waals surface area (Å²) in [6.45, 7) is 0.803. The minimum Gasteiger partial charge on any atom is -0.495 e. The van der Waals surface area contributed by atoms with Crippen molar-refractivity contribution < 1.29 is 9.84 Å². The maximum Gasteiger partial charge on any atom is 0.134 e. The van der Waals surface area contributed by atoms with Gasteiger partial charge in [-0.05, 0) is 37.6 Å². The van der Waals surface area contributed by atoms with Crippen LogP contribution in [0.5, 0.6) is 5.75 Å². The number of nitrogens with zero attached hydrogens (tertiary/aromatic N) is 1. The Morgan fingerprint density at radius 3 is 2.75 bits per heavy atom. The average Bonchev–Trinajstić information content (AvgIpc) is 2.99. The van der Waals surface area contributed by atoms with Crippen LogP contribution in [0.1, 0.15) is 36.8 Å². The normalized spacial score (nSPS) is 15.2. The molecule has 0 atom stereocenters. The summed E-state index contributed by atoms with van der Waals surface area (Å²) in [5, 5.41) is 8.83. The molecule has 1 N–H and O–H groups in total. The third kappa shape index (κ3) is 3.75. The molecule has 1 fully saturated rings. The van der Waals surface area contributed by atoms with Gasteiger partial charge in [0.2, 0.25) is 0 Å². The van der Waals surface area contributed by atoms with E-state index < -0.39 is 0 Å². The highest BCUT2D eigenvalue weighted by Crippen LogP contribution is 2.25. The summed E-state index contributed by atoms with van der Waals surface area (Å²) >= 11 is 0. The molecular formula is C17H23NO2. The molecule has 3 nitrogen and oxygen atoms in total. The van der Waals surface area contributed by atoms with Gasteiger partial charge in [-0.15, -0.1) is 0 Å². The second kappa shape index (κ2) is 7.33. The molecule has 0 spiro atoms. The molecule has 3 heteroatoms. The van der Waals surface area contributed by atoms with E-state index in [1.807, 2.05) is 6.07 Å². The Morgan fingerprint density at radius 1 is 1.35 bits per heavy atom. The summed E-state index contributed by atoms with van der Waals surface area (Å²) in [6, 6.07) is 6.82. The van der Waals surface area contributed by atoms with Crippen LogP contribution in [0.15, 0.2) is 18.2 Å². The van der Waals surface area contributed by atoms with E-state index >= 15 is 0 Å². The monoisotopic (exact) mass is 273 g/mol. The van der Waals surface area contributed by atoms with Crippen LogP contribution in [0.2, 0.25) is 0 Å². The first kappa shape index (κ1) is 14.9. The first-order valence-corrected chi connectivity index (χ1v) is 7.21. The summed E-state index contributed by atoms with van der Waals surface area (Å²) in [7, 11) is 3.84.